The van der Waals surface area contributed by atoms with Crippen LogP contribution in [-0.4, -0.2) is 39.4 Å². The maximum absolute atomic E-state index is 14.7. The van der Waals surface area contributed by atoms with Gasteiger partial charge in [0.15, 0.2) is 5.82 Å². The van der Waals surface area contributed by atoms with Crippen LogP contribution < -0.4 is 10.6 Å². The summed E-state index contributed by atoms with van der Waals surface area (Å²) in [6.07, 6.45) is 0.117. The maximum atomic E-state index is 14.7. The SMILES string of the molecule is CC[C@H]1CN(c2ccc(-c3ccc(C(N)c4nn[nH]n4)cc3)c(F)c2)C(=O)O1. The van der Waals surface area contributed by atoms with E-state index in [1.54, 1.807) is 36.4 Å². The molecule has 1 amide bonds. The van der Waals surface area contributed by atoms with E-state index in [1.165, 1.54) is 11.0 Å². The minimum atomic E-state index is -0.521. The van der Waals surface area contributed by atoms with Crippen molar-refractivity contribution in [2.75, 3.05) is 11.4 Å². The van der Waals surface area contributed by atoms with Gasteiger partial charge in [-0.2, -0.15) is 5.21 Å². The number of aromatic amines is 1. The van der Waals surface area contributed by atoms with E-state index in [4.69, 9.17) is 10.5 Å². The van der Waals surface area contributed by atoms with Crippen molar-refractivity contribution in [1.29, 1.82) is 0 Å². The number of amides is 1. The number of rotatable bonds is 5. The summed E-state index contributed by atoms with van der Waals surface area (Å²) in [4.78, 5) is 13.4. The van der Waals surface area contributed by atoms with Gasteiger partial charge in [-0.25, -0.2) is 9.18 Å². The van der Waals surface area contributed by atoms with Crippen molar-refractivity contribution in [1.82, 2.24) is 20.6 Å². The van der Waals surface area contributed by atoms with Crippen LogP contribution in [0.15, 0.2) is 42.5 Å². The molecule has 2 atom stereocenters. The Morgan fingerprint density at radius 3 is 2.71 bits per heavy atom. The standard InChI is InChI=1S/C19H19FN6O2/c1-2-14-10-26(19(27)28-14)13-7-8-15(16(20)9-13)11-3-5-12(6-4-11)17(21)18-22-24-25-23-18/h3-9,14,17H,2,10,21H2,1H3,(H,22,23,24,25)/t14-,17?/m0/s1. The molecule has 2 aromatic carbocycles. The zero-order chi connectivity index (χ0) is 19.7. The van der Waals surface area contributed by atoms with E-state index in [1.807, 2.05) is 6.92 Å². The van der Waals surface area contributed by atoms with Crippen molar-refractivity contribution in [2.45, 2.75) is 25.5 Å². The summed E-state index contributed by atoms with van der Waals surface area (Å²) < 4.78 is 20.0. The molecule has 1 aromatic heterocycles. The van der Waals surface area contributed by atoms with Gasteiger partial charge in [0, 0.05) is 5.56 Å². The van der Waals surface area contributed by atoms with E-state index >= 15 is 0 Å². The van der Waals surface area contributed by atoms with Crippen molar-refractivity contribution in [3.05, 3.63) is 59.7 Å². The Morgan fingerprint density at radius 2 is 2.11 bits per heavy atom. The quantitative estimate of drug-likeness (QED) is 0.702. The fourth-order valence-corrected chi connectivity index (χ4v) is 3.17. The summed E-state index contributed by atoms with van der Waals surface area (Å²) in [5.41, 5.74) is 8.50. The number of nitrogens with zero attached hydrogens (tertiary/aromatic N) is 4. The van der Waals surface area contributed by atoms with Crippen LogP contribution in [0.3, 0.4) is 0 Å². The van der Waals surface area contributed by atoms with Gasteiger partial charge in [-0.3, -0.25) is 4.90 Å². The fraction of sp³-hybridized carbons (Fsp3) is 0.263. The first kappa shape index (κ1) is 18.1. The minimum absolute atomic E-state index is 0.161. The molecule has 1 aliphatic heterocycles. The number of ether oxygens (including phenoxy) is 1. The Balaban J connectivity index is 1.56. The third-order valence-electron chi connectivity index (χ3n) is 4.81. The number of benzene rings is 2. The van der Waals surface area contributed by atoms with Gasteiger partial charge >= 0.3 is 6.09 Å². The molecule has 3 N–H and O–H groups in total. The van der Waals surface area contributed by atoms with Gasteiger partial charge in [-0.1, -0.05) is 36.4 Å². The number of carbonyl (C=O) groups excluding carboxylic acids is 1. The number of hydrogen-bond donors (Lipinski definition) is 2. The van der Waals surface area contributed by atoms with Crippen molar-refractivity contribution in [3.8, 4) is 11.1 Å². The van der Waals surface area contributed by atoms with Crippen LogP contribution in [0, 0.1) is 5.82 Å². The highest BCUT2D eigenvalue weighted by Gasteiger charge is 2.31. The zero-order valence-electron chi connectivity index (χ0n) is 15.2. The molecule has 0 saturated carbocycles. The van der Waals surface area contributed by atoms with Gasteiger partial charge in [-0.05, 0) is 35.7 Å². The number of halogens is 1. The lowest BCUT2D eigenvalue weighted by atomic mass is 10.00. The molecule has 4 rings (SSSR count). The second-order valence-electron chi connectivity index (χ2n) is 6.56. The van der Waals surface area contributed by atoms with Crippen LogP contribution in [0.1, 0.15) is 30.8 Å². The van der Waals surface area contributed by atoms with Gasteiger partial charge in [0.2, 0.25) is 0 Å². The first-order chi connectivity index (χ1) is 13.6. The lowest BCUT2D eigenvalue weighted by Gasteiger charge is -2.15. The molecule has 3 aromatic rings. The molecule has 0 aliphatic carbocycles. The van der Waals surface area contributed by atoms with E-state index in [2.05, 4.69) is 20.6 Å². The Kier molecular flexibility index (Phi) is 4.74. The zero-order valence-corrected chi connectivity index (χ0v) is 15.2. The largest absolute Gasteiger partial charge is 0.444 e. The molecule has 1 unspecified atom stereocenters. The smallest absolute Gasteiger partial charge is 0.414 e. The van der Waals surface area contributed by atoms with Crippen molar-refractivity contribution in [3.63, 3.8) is 0 Å². The van der Waals surface area contributed by atoms with Crippen molar-refractivity contribution in [2.24, 2.45) is 5.73 Å². The van der Waals surface area contributed by atoms with E-state index in [9.17, 15) is 9.18 Å². The summed E-state index contributed by atoms with van der Waals surface area (Å²) >= 11 is 0. The molecule has 1 aliphatic rings. The summed E-state index contributed by atoms with van der Waals surface area (Å²) in [6, 6.07) is 11.4. The predicted molar refractivity (Wildman–Crippen MR) is 100.0 cm³/mol. The third-order valence-corrected chi connectivity index (χ3v) is 4.81. The van der Waals surface area contributed by atoms with Crippen molar-refractivity contribution < 1.29 is 13.9 Å². The summed E-state index contributed by atoms with van der Waals surface area (Å²) in [5.74, 6) is -0.0355. The Labute approximate surface area is 160 Å². The predicted octanol–water partition coefficient (Wildman–Crippen LogP) is 2.79. The number of aromatic nitrogens is 4. The molecule has 1 fully saturated rings. The van der Waals surface area contributed by atoms with Crippen LogP contribution >= 0.6 is 0 Å². The first-order valence-electron chi connectivity index (χ1n) is 8.93. The van der Waals surface area contributed by atoms with Gasteiger partial charge < -0.3 is 10.5 Å². The topological polar surface area (TPSA) is 110 Å². The maximum Gasteiger partial charge on any atom is 0.414 e. The highest BCUT2D eigenvalue weighted by Crippen LogP contribution is 2.30. The summed E-state index contributed by atoms with van der Waals surface area (Å²) in [6.45, 7) is 2.37. The molecule has 9 heteroatoms. The molecule has 28 heavy (non-hydrogen) atoms. The second-order valence-corrected chi connectivity index (χ2v) is 6.56. The molecular weight excluding hydrogens is 363 g/mol. The number of anilines is 1. The van der Waals surface area contributed by atoms with Crippen LogP contribution in [0.5, 0.6) is 0 Å². The Morgan fingerprint density at radius 1 is 1.32 bits per heavy atom. The van der Waals surface area contributed by atoms with Crippen LogP contribution in [-0.2, 0) is 4.74 Å². The van der Waals surface area contributed by atoms with E-state index < -0.39 is 18.0 Å². The number of nitrogens with two attached hydrogens (primary N) is 1. The monoisotopic (exact) mass is 382 g/mol. The molecule has 1 saturated heterocycles. The molecule has 0 bridgehead atoms. The van der Waals surface area contributed by atoms with E-state index in [0.29, 0.717) is 29.2 Å². The van der Waals surface area contributed by atoms with Gasteiger partial charge in [0.05, 0.1) is 18.3 Å². The van der Waals surface area contributed by atoms with Gasteiger partial charge in [-0.15, -0.1) is 10.2 Å². The van der Waals surface area contributed by atoms with Crippen molar-refractivity contribution >= 4 is 11.8 Å². The Hall–Kier alpha value is -3.33. The van der Waals surface area contributed by atoms with Gasteiger partial charge in [0.1, 0.15) is 11.9 Å². The number of carbonyl (C=O) groups is 1. The number of cyclic esters (lactones) is 1. The van der Waals surface area contributed by atoms with Crippen LogP contribution in [0.25, 0.3) is 11.1 Å². The van der Waals surface area contributed by atoms with E-state index in [-0.39, 0.29) is 6.10 Å². The molecule has 0 spiro atoms. The molecule has 0 radical (unpaired) electrons. The molecule has 8 nitrogen and oxygen atoms in total. The average Bonchev–Trinajstić information content (AvgIpc) is 3.37. The van der Waals surface area contributed by atoms with Gasteiger partial charge in [0.25, 0.3) is 0 Å². The molecular formula is C19H19FN6O2. The lowest BCUT2D eigenvalue weighted by Crippen LogP contribution is -2.24. The van der Waals surface area contributed by atoms with Crippen LogP contribution in [0.4, 0.5) is 14.9 Å². The number of H-pyrrole nitrogens is 1. The Bertz CT molecular complexity index is 977. The minimum Gasteiger partial charge on any atom is -0.444 e. The molecule has 144 valence electrons. The normalized spacial score (nSPS) is 17.6. The average molecular weight is 382 g/mol. The number of nitrogens with one attached hydrogen (secondary N) is 1. The number of tetrazole rings is 1. The second kappa shape index (κ2) is 7.35. The fourth-order valence-electron chi connectivity index (χ4n) is 3.17. The highest BCUT2D eigenvalue weighted by atomic mass is 19.1. The summed E-state index contributed by atoms with van der Waals surface area (Å²) in [5, 5.41) is 13.6. The molecule has 2 heterocycles. The van der Waals surface area contributed by atoms with Crippen LogP contribution in [0.2, 0.25) is 0 Å². The lowest BCUT2D eigenvalue weighted by molar-refractivity contribution is 0.139. The number of hydrogen-bond acceptors (Lipinski definition) is 6. The first-order valence-corrected chi connectivity index (χ1v) is 8.93. The third kappa shape index (κ3) is 3.31. The summed E-state index contributed by atoms with van der Waals surface area (Å²) in [7, 11) is 0. The van der Waals surface area contributed by atoms with E-state index in [0.717, 1.165) is 12.0 Å². The highest BCUT2D eigenvalue weighted by molar-refractivity contribution is 5.90.